The third-order valence-corrected chi connectivity index (χ3v) is 3.70. The molecule has 0 spiro atoms. The number of amides is 1. The predicted molar refractivity (Wildman–Crippen MR) is 72.9 cm³/mol. The summed E-state index contributed by atoms with van der Waals surface area (Å²) in [5, 5.41) is 9.98. The van der Waals surface area contributed by atoms with Crippen molar-refractivity contribution in [2.75, 3.05) is 4.90 Å². The lowest BCUT2D eigenvalue weighted by Gasteiger charge is -2.31. The average Bonchev–Trinajstić information content (AvgIpc) is 2.84. The van der Waals surface area contributed by atoms with E-state index in [2.05, 4.69) is 0 Å². The molecule has 1 aliphatic rings. The third kappa shape index (κ3) is 4.20. The summed E-state index contributed by atoms with van der Waals surface area (Å²) < 4.78 is 36.9. The molecule has 0 bridgehead atoms. The van der Waals surface area contributed by atoms with Gasteiger partial charge in [0, 0.05) is 12.1 Å². The second-order valence-corrected chi connectivity index (χ2v) is 5.28. The summed E-state index contributed by atoms with van der Waals surface area (Å²) in [6.07, 6.45) is -4.83. The molecule has 0 aliphatic heterocycles. The zero-order valence-electron chi connectivity index (χ0n) is 11.5. The maximum absolute atomic E-state index is 12.3. The van der Waals surface area contributed by atoms with Crippen LogP contribution in [0.4, 0.5) is 18.9 Å². The van der Waals surface area contributed by atoms with Crippen molar-refractivity contribution in [3.8, 4) is 0 Å². The van der Waals surface area contributed by atoms with Crippen LogP contribution in [0.2, 0.25) is 0 Å². The summed E-state index contributed by atoms with van der Waals surface area (Å²) >= 11 is 0. The molecule has 0 radical (unpaired) electrons. The fraction of sp³-hybridized carbons (Fsp3) is 0.533. The Morgan fingerprint density at radius 2 is 1.90 bits per heavy atom. The lowest BCUT2D eigenvalue weighted by atomic mass is 10.1. The summed E-state index contributed by atoms with van der Waals surface area (Å²) in [7, 11) is 0. The highest BCUT2D eigenvalue weighted by Crippen LogP contribution is 2.30. The van der Waals surface area contributed by atoms with E-state index in [4.69, 9.17) is 0 Å². The Bertz CT molecular complexity index is 476. The molecule has 2 unspecified atom stereocenters. The number of aliphatic hydroxyl groups is 1. The molecule has 1 N–H and O–H groups in total. The van der Waals surface area contributed by atoms with E-state index < -0.39 is 37.1 Å². The average molecular weight is 301 g/mol. The van der Waals surface area contributed by atoms with Gasteiger partial charge in [-0.1, -0.05) is 18.2 Å². The van der Waals surface area contributed by atoms with E-state index in [9.17, 15) is 23.1 Å². The smallest absolute Gasteiger partial charge is 0.389 e. The number of anilines is 1. The molecule has 2 rings (SSSR count). The molecular weight excluding hydrogens is 283 g/mol. The highest BCUT2D eigenvalue weighted by Gasteiger charge is 2.36. The molecule has 116 valence electrons. The molecule has 3 nitrogen and oxygen atoms in total. The van der Waals surface area contributed by atoms with Gasteiger partial charge in [0.15, 0.2) is 0 Å². The Labute approximate surface area is 121 Å². The summed E-state index contributed by atoms with van der Waals surface area (Å²) in [5.41, 5.74) is 0.538. The maximum Gasteiger partial charge on any atom is 0.389 e. The first kappa shape index (κ1) is 15.8. The summed E-state index contributed by atoms with van der Waals surface area (Å²) in [5.74, 6) is -0.593. The van der Waals surface area contributed by atoms with Gasteiger partial charge in [-0.25, -0.2) is 0 Å². The first-order chi connectivity index (χ1) is 9.88. The SMILES string of the molecule is O=C(CCC(F)(F)F)N(c1ccccc1)C1CCCC1O. The first-order valence-corrected chi connectivity index (χ1v) is 7.00. The van der Waals surface area contributed by atoms with Gasteiger partial charge in [-0.15, -0.1) is 0 Å². The summed E-state index contributed by atoms with van der Waals surface area (Å²) in [6.45, 7) is 0. The fourth-order valence-corrected chi connectivity index (χ4v) is 2.70. The van der Waals surface area contributed by atoms with Crippen LogP contribution in [0.1, 0.15) is 32.1 Å². The highest BCUT2D eigenvalue weighted by molar-refractivity contribution is 5.94. The van der Waals surface area contributed by atoms with Crippen LogP contribution in [0.3, 0.4) is 0 Å². The summed E-state index contributed by atoms with van der Waals surface area (Å²) in [4.78, 5) is 13.6. The minimum Gasteiger partial charge on any atom is -0.391 e. The zero-order chi connectivity index (χ0) is 15.5. The number of carbonyl (C=O) groups excluding carboxylic acids is 1. The molecule has 21 heavy (non-hydrogen) atoms. The molecule has 1 amide bonds. The van der Waals surface area contributed by atoms with Crippen LogP contribution in [0.5, 0.6) is 0 Å². The number of hydrogen-bond donors (Lipinski definition) is 1. The van der Waals surface area contributed by atoms with Crippen LogP contribution in [0, 0.1) is 0 Å². The number of benzene rings is 1. The van der Waals surface area contributed by atoms with Crippen LogP contribution in [0.15, 0.2) is 30.3 Å². The van der Waals surface area contributed by atoms with Crippen LogP contribution >= 0.6 is 0 Å². The van der Waals surface area contributed by atoms with Crippen molar-refractivity contribution in [1.82, 2.24) is 0 Å². The van der Waals surface area contributed by atoms with Gasteiger partial charge in [0.2, 0.25) is 5.91 Å². The van der Waals surface area contributed by atoms with Gasteiger partial charge in [0.1, 0.15) is 0 Å². The molecular formula is C15H18F3NO2. The number of aliphatic hydroxyl groups excluding tert-OH is 1. The quantitative estimate of drug-likeness (QED) is 0.927. The van der Waals surface area contributed by atoms with Crippen LogP contribution < -0.4 is 4.90 Å². The second-order valence-electron chi connectivity index (χ2n) is 5.28. The fourth-order valence-electron chi connectivity index (χ4n) is 2.70. The van der Waals surface area contributed by atoms with Gasteiger partial charge in [-0.3, -0.25) is 4.79 Å². The largest absolute Gasteiger partial charge is 0.391 e. The van der Waals surface area contributed by atoms with Crippen molar-refractivity contribution in [2.45, 2.75) is 50.4 Å². The Morgan fingerprint density at radius 1 is 1.24 bits per heavy atom. The lowest BCUT2D eigenvalue weighted by molar-refractivity contribution is -0.143. The van der Waals surface area contributed by atoms with Gasteiger partial charge in [-0.2, -0.15) is 13.2 Å². The number of nitrogens with zero attached hydrogens (tertiary/aromatic N) is 1. The van der Waals surface area contributed by atoms with E-state index in [-0.39, 0.29) is 0 Å². The van der Waals surface area contributed by atoms with Crippen LogP contribution in [-0.2, 0) is 4.79 Å². The van der Waals surface area contributed by atoms with E-state index in [1.165, 1.54) is 4.90 Å². The monoisotopic (exact) mass is 301 g/mol. The second kappa shape index (κ2) is 6.47. The number of hydrogen-bond acceptors (Lipinski definition) is 2. The molecule has 1 saturated carbocycles. The van der Waals surface area contributed by atoms with Crippen molar-refractivity contribution in [3.63, 3.8) is 0 Å². The summed E-state index contributed by atoms with van der Waals surface area (Å²) in [6, 6.07) is 8.13. The predicted octanol–water partition coefficient (Wildman–Crippen LogP) is 3.28. The highest BCUT2D eigenvalue weighted by atomic mass is 19.4. The maximum atomic E-state index is 12.3. The molecule has 0 heterocycles. The van der Waals surface area contributed by atoms with E-state index >= 15 is 0 Å². The van der Waals surface area contributed by atoms with Gasteiger partial charge < -0.3 is 10.0 Å². The number of para-hydroxylation sites is 1. The van der Waals surface area contributed by atoms with Crippen molar-refractivity contribution >= 4 is 11.6 Å². The molecule has 1 aromatic carbocycles. The molecule has 1 fully saturated rings. The zero-order valence-corrected chi connectivity index (χ0v) is 11.5. The molecule has 0 aromatic heterocycles. The lowest BCUT2D eigenvalue weighted by Crippen LogP contribution is -2.45. The molecule has 1 aromatic rings. The van der Waals surface area contributed by atoms with Crippen LogP contribution in [0.25, 0.3) is 0 Å². The number of carbonyl (C=O) groups is 1. The number of rotatable bonds is 4. The normalized spacial score (nSPS) is 22.3. The molecule has 0 saturated heterocycles. The Hall–Kier alpha value is -1.56. The topological polar surface area (TPSA) is 40.5 Å². The van der Waals surface area contributed by atoms with E-state index in [1.807, 2.05) is 0 Å². The van der Waals surface area contributed by atoms with Gasteiger partial charge >= 0.3 is 6.18 Å². The number of halogens is 3. The van der Waals surface area contributed by atoms with Gasteiger partial charge in [0.25, 0.3) is 0 Å². The molecule has 2 atom stereocenters. The molecule has 1 aliphatic carbocycles. The number of alkyl halides is 3. The Morgan fingerprint density at radius 3 is 2.43 bits per heavy atom. The third-order valence-electron chi connectivity index (χ3n) is 3.70. The standard InChI is InChI=1S/C15H18F3NO2/c16-15(17,18)10-9-14(21)19(11-5-2-1-3-6-11)12-7-4-8-13(12)20/h1-3,5-6,12-13,20H,4,7-10H2. The van der Waals surface area contributed by atoms with Crippen molar-refractivity contribution < 1.29 is 23.1 Å². The van der Waals surface area contributed by atoms with Crippen molar-refractivity contribution in [2.24, 2.45) is 0 Å². The first-order valence-electron chi connectivity index (χ1n) is 7.00. The van der Waals surface area contributed by atoms with E-state index in [1.54, 1.807) is 30.3 Å². The Balaban J connectivity index is 2.18. The van der Waals surface area contributed by atoms with Crippen molar-refractivity contribution in [3.05, 3.63) is 30.3 Å². The minimum absolute atomic E-state index is 0.437. The van der Waals surface area contributed by atoms with Gasteiger partial charge in [-0.05, 0) is 31.4 Å². The van der Waals surface area contributed by atoms with Crippen molar-refractivity contribution in [1.29, 1.82) is 0 Å². The van der Waals surface area contributed by atoms with Gasteiger partial charge in [0.05, 0.1) is 18.6 Å². The van der Waals surface area contributed by atoms with Crippen LogP contribution in [-0.4, -0.2) is 29.3 Å². The molecule has 6 heteroatoms. The minimum atomic E-state index is -4.35. The van der Waals surface area contributed by atoms with E-state index in [0.717, 1.165) is 6.42 Å². The Kier molecular flexibility index (Phi) is 4.88. The van der Waals surface area contributed by atoms with E-state index in [0.29, 0.717) is 18.5 Å².